The van der Waals surface area contributed by atoms with Gasteiger partial charge in [-0.05, 0) is 56.2 Å². The fraction of sp³-hybridized carbons (Fsp3) is 0.208. The van der Waals surface area contributed by atoms with Crippen LogP contribution >= 0.6 is 0 Å². The molecule has 5 rings (SSSR count). The van der Waals surface area contributed by atoms with Crippen LogP contribution in [0.4, 0.5) is 10.1 Å². The molecular weight excluding hydrogens is 473 g/mol. The third kappa shape index (κ3) is 4.94. The van der Waals surface area contributed by atoms with Gasteiger partial charge in [-0.2, -0.15) is 5.10 Å². The molecule has 1 aliphatic carbocycles. The normalized spacial score (nSPS) is 13.5. The first-order valence-corrected chi connectivity index (χ1v) is 12.5. The largest absolute Gasteiger partial charge is 0.441 e. The van der Waals surface area contributed by atoms with Gasteiger partial charge in [-0.1, -0.05) is 18.2 Å². The fourth-order valence-electron chi connectivity index (χ4n) is 3.61. The molecule has 0 unspecified atom stereocenters. The summed E-state index contributed by atoms with van der Waals surface area (Å²) in [6.45, 7) is 1.81. The number of rotatable bonds is 8. The number of aryl methyl sites for hydroxylation is 1. The number of hydrogen-bond donors (Lipinski definition) is 3. The van der Waals surface area contributed by atoms with Crippen molar-refractivity contribution in [3.63, 3.8) is 0 Å². The number of carbonyl (C=O) groups excluding carboxylic acids is 1. The summed E-state index contributed by atoms with van der Waals surface area (Å²) in [5.41, 5.74) is 2.39. The molecule has 0 saturated heterocycles. The molecule has 180 valence electrons. The molecule has 0 radical (unpaired) electrons. The Morgan fingerprint density at radius 3 is 2.74 bits per heavy atom. The summed E-state index contributed by atoms with van der Waals surface area (Å²) in [4.78, 5) is 16.7. The standard InChI is InChI=1S/C24H22FN5O4S/c1-14-22(13-26-23(31)21-12-20(28-29-21)15-9-10-15)27-24(34-14)18-7-2-3-8-19(18)30-35(32,33)17-6-4-5-16(25)11-17/h2-8,11-12,15,30H,9-10,13H2,1H3,(H,26,31)(H,28,29). The molecule has 0 atom stereocenters. The summed E-state index contributed by atoms with van der Waals surface area (Å²) >= 11 is 0. The zero-order valence-corrected chi connectivity index (χ0v) is 19.5. The molecule has 4 aromatic rings. The number of anilines is 1. The Labute approximate surface area is 200 Å². The first-order valence-electron chi connectivity index (χ1n) is 11.0. The quantitative estimate of drug-likeness (QED) is 0.337. The van der Waals surface area contributed by atoms with Crippen molar-refractivity contribution < 1.29 is 22.0 Å². The Hall–Kier alpha value is -3.99. The topological polar surface area (TPSA) is 130 Å². The van der Waals surface area contributed by atoms with E-state index in [4.69, 9.17) is 4.42 Å². The van der Waals surface area contributed by atoms with Crippen LogP contribution in [0.1, 0.15) is 46.4 Å². The molecule has 1 aliphatic rings. The van der Waals surface area contributed by atoms with Crippen LogP contribution in [-0.2, 0) is 16.6 Å². The zero-order valence-electron chi connectivity index (χ0n) is 18.7. The van der Waals surface area contributed by atoms with Crippen molar-refractivity contribution in [2.24, 2.45) is 0 Å². The molecule has 3 N–H and O–H groups in total. The number of aromatic amines is 1. The molecule has 35 heavy (non-hydrogen) atoms. The molecule has 1 amide bonds. The number of halogens is 1. The van der Waals surface area contributed by atoms with Crippen molar-refractivity contribution in [1.29, 1.82) is 0 Å². The van der Waals surface area contributed by atoms with Crippen LogP contribution in [0.25, 0.3) is 11.5 Å². The maximum absolute atomic E-state index is 13.6. The van der Waals surface area contributed by atoms with E-state index in [1.165, 1.54) is 18.2 Å². The van der Waals surface area contributed by atoms with E-state index < -0.39 is 15.8 Å². The SMILES string of the molecule is Cc1oc(-c2ccccc2NS(=O)(=O)c2cccc(F)c2)nc1CNC(=O)c1cc(C2CC2)[nH]n1. The van der Waals surface area contributed by atoms with E-state index in [1.807, 2.05) is 0 Å². The number of oxazole rings is 1. The van der Waals surface area contributed by atoms with Crippen LogP contribution in [0.5, 0.6) is 0 Å². The summed E-state index contributed by atoms with van der Waals surface area (Å²) in [6.07, 6.45) is 2.20. The molecule has 0 aliphatic heterocycles. The smallest absolute Gasteiger partial charge is 0.272 e. The highest BCUT2D eigenvalue weighted by Gasteiger charge is 2.26. The molecule has 11 heteroatoms. The molecule has 1 fully saturated rings. The number of para-hydroxylation sites is 1. The van der Waals surface area contributed by atoms with Gasteiger partial charge in [0, 0.05) is 11.6 Å². The lowest BCUT2D eigenvalue weighted by Gasteiger charge is -2.11. The Kier molecular flexibility index (Phi) is 5.85. The molecule has 0 bridgehead atoms. The van der Waals surface area contributed by atoms with E-state index in [0.717, 1.165) is 24.6 Å². The Morgan fingerprint density at radius 1 is 1.17 bits per heavy atom. The number of amides is 1. The van der Waals surface area contributed by atoms with E-state index >= 15 is 0 Å². The average molecular weight is 496 g/mol. The van der Waals surface area contributed by atoms with Gasteiger partial charge < -0.3 is 9.73 Å². The molecule has 0 spiro atoms. The van der Waals surface area contributed by atoms with Crippen LogP contribution in [0.15, 0.2) is 63.9 Å². The maximum Gasteiger partial charge on any atom is 0.272 e. The fourth-order valence-corrected chi connectivity index (χ4v) is 4.73. The summed E-state index contributed by atoms with van der Waals surface area (Å²) in [5.74, 6) is 0.127. The second kappa shape index (κ2) is 8.99. The third-order valence-electron chi connectivity index (χ3n) is 5.66. The summed E-state index contributed by atoms with van der Waals surface area (Å²) in [5, 5.41) is 9.76. The second-order valence-electron chi connectivity index (χ2n) is 8.30. The van der Waals surface area contributed by atoms with E-state index in [0.29, 0.717) is 28.6 Å². The highest BCUT2D eigenvalue weighted by atomic mass is 32.2. The average Bonchev–Trinajstić information content (AvgIpc) is 3.44. The number of benzene rings is 2. The maximum atomic E-state index is 13.6. The Morgan fingerprint density at radius 2 is 1.97 bits per heavy atom. The minimum Gasteiger partial charge on any atom is -0.441 e. The van der Waals surface area contributed by atoms with Crippen LogP contribution in [0, 0.1) is 12.7 Å². The lowest BCUT2D eigenvalue weighted by Crippen LogP contribution is -2.23. The number of nitrogens with one attached hydrogen (secondary N) is 3. The first kappa shape index (κ1) is 22.8. The Balaban J connectivity index is 1.33. The van der Waals surface area contributed by atoms with Crippen LogP contribution in [-0.4, -0.2) is 29.5 Å². The zero-order chi connectivity index (χ0) is 24.6. The van der Waals surface area contributed by atoms with Crippen molar-refractivity contribution in [2.45, 2.75) is 37.1 Å². The number of carbonyl (C=O) groups is 1. The van der Waals surface area contributed by atoms with Gasteiger partial charge in [-0.3, -0.25) is 14.6 Å². The molecule has 2 aromatic carbocycles. The predicted molar refractivity (Wildman–Crippen MR) is 126 cm³/mol. The number of nitrogens with zero attached hydrogens (tertiary/aromatic N) is 2. The van der Waals surface area contributed by atoms with E-state index in [9.17, 15) is 17.6 Å². The first-order chi connectivity index (χ1) is 16.8. The number of sulfonamides is 1. The van der Waals surface area contributed by atoms with Crippen molar-refractivity contribution in [2.75, 3.05) is 4.72 Å². The highest BCUT2D eigenvalue weighted by Crippen LogP contribution is 2.39. The van der Waals surface area contributed by atoms with Crippen molar-refractivity contribution in [3.8, 4) is 11.5 Å². The Bertz CT molecular complexity index is 1510. The van der Waals surface area contributed by atoms with Crippen LogP contribution in [0.2, 0.25) is 0 Å². The summed E-state index contributed by atoms with van der Waals surface area (Å²) in [7, 11) is -4.05. The summed E-state index contributed by atoms with van der Waals surface area (Å²) in [6, 6.07) is 13.1. The van der Waals surface area contributed by atoms with Gasteiger partial charge >= 0.3 is 0 Å². The van der Waals surface area contributed by atoms with Crippen molar-refractivity contribution in [1.82, 2.24) is 20.5 Å². The van der Waals surface area contributed by atoms with Gasteiger partial charge in [0.15, 0.2) is 0 Å². The second-order valence-corrected chi connectivity index (χ2v) is 9.98. The summed E-state index contributed by atoms with van der Waals surface area (Å²) < 4.78 is 47.4. The van der Waals surface area contributed by atoms with E-state index in [1.54, 1.807) is 37.3 Å². The van der Waals surface area contributed by atoms with Gasteiger partial charge in [-0.25, -0.2) is 17.8 Å². The van der Waals surface area contributed by atoms with Crippen molar-refractivity contribution in [3.05, 3.63) is 83.3 Å². The minimum atomic E-state index is -4.05. The van der Waals surface area contributed by atoms with Crippen LogP contribution in [0.3, 0.4) is 0 Å². The number of aromatic nitrogens is 3. The van der Waals surface area contributed by atoms with Gasteiger partial charge in [0.25, 0.3) is 15.9 Å². The van der Waals surface area contributed by atoms with Gasteiger partial charge in [0.1, 0.15) is 23.0 Å². The van der Waals surface area contributed by atoms with E-state index in [2.05, 4.69) is 25.2 Å². The number of hydrogen-bond acceptors (Lipinski definition) is 6. The van der Waals surface area contributed by atoms with Crippen LogP contribution < -0.4 is 10.0 Å². The van der Waals surface area contributed by atoms with Gasteiger partial charge in [-0.15, -0.1) is 0 Å². The lowest BCUT2D eigenvalue weighted by atomic mass is 10.2. The van der Waals surface area contributed by atoms with Gasteiger partial charge in [0.05, 0.1) is 22.7 Å². The predicted octanol–water partition coefficient (Wildman–Crippen LogP) is 4.12. The molecular formula is C24H22FN5O4S. The van der Waals surface area contributed by atoms with E-state index in [-0.39, 0.29) is 28.9 Å². The monoisotopic (exact) mass is 495 g/mol. The van der Waals surface area contributed by atoms with Crippen molar-refractivity contribution >= 4 is 21.6 Å². The molecule has 1 saturated carbocycles. The lowest BCUT2D eigenvalue weighted by molar-refractivity contribution is 0.0945. The number of H-pyrrole nitrogens is 1. The molecule has 2 aromatic heterocycles. The highest BCUT2D eigenvalue weighted by molar-refractivity contribution is 7.92. The third-order valence-corrected chi connectivity index (χ3v) is 7.03. The molecule has 2 heterocycles. The minimum absolute atomic E-state index is 0.108. The molecule has 9 nitrogen and oxygen atoms in total. The van der Waals surface area contributed by atoms with Gasteiger partial charge in [0.2, 0.25) is 5.89 Å².